The van der Waals surface area contributed by atoms with Crippen LogP contribution in [0.4, 0.5) is 0 Å². The van der Waals surface area contributed by atoms with Crippen LogP contribution in [-0.4, -0.2) is 50.8 Å². The summed E-state index contributed by atoms with van der Waals surface area (Å²) in [5.41, 5.74) is 0.495. The minimum Gasteiger partial charge on any atom is -0.489 e. The van der Waals surface area contributed by atoms with Gasteiger partial charge >= 0.3 is 0 Å². The van der Waals surface area contributed by atoms with E-state index in [1.165, 1.54) is 6.92 Å². The van der Waals surface area contributed by atoms with E-state index in [0.717, 1.165) is 12.8 Å². The van der Waals surface area contributed by atoms with Gasteiger partial charge in [-0.2, -0.15) is 0 Å². The summed E-state index contributed by atoms with van der Waals surface area (Å²) in [6.07, 6.45) is 1.79. The molecule has 0 radical (unpaired) electrons. The van der Waals surface area contributed by atoms with Crippen molar-refractivity contribution in [1.29, 1.82) is 0 Å². The molecule has 2 aliphatic heterocycles. The zero-order chi connectivity index (χ0) is 20.5. The van der Waals surface area contributed by atoms with Gasteiger partial charge in [0.2, 0.25) is 5.91 Å². The fourth-order valence-corrected chi connectivity index (χ4v) is 5.60. The van der Waals surface area contributed by atoms with Crippen LogP contribution >= 0.6 is 11.6 Å². The van der Waals surface area contributed by atoms with Crippen LogP contribution < -0.4 is 9.47 Å². The highest BCUT2D eigenvalue weighted by molar-refractivity contribution is 7.92. The number of hydrogen-bond donors (Lipinski definition) is 0. The number of benzene rings is 1. The summed E-state index contributed by atoms with van der Waals surface area (Å²) >= 11 is 6.27. The van der Waals surface area contributed by atoms with Crippen LogP contribution in [0, 0.1) is 11.8 Å². The minimum absolute atomic E-state index is 0.269. The summed E-state index contributed by atoms with van der Waals surface area (Å²) in [5, 5.41) is -0.776. The van der Waals surface area contributed by atoms with E-state index in [1.807, 2.05) is 0 Å². The second kappa shape index (κ2) is 8.49. The Balaban J connectivity index is 1.77. The first-order valence-corrected chi connectivity index (χ1v) is 11.8. The highest BCUT2D eigenvalue weighted by Crippen LogP contribution is 2.38. The molecule has 0 aromatic heterocycles. The van der Waals surface area contributed by atoms with E-state index in [2.05, 4.69) is 13.8 Å². The van der Waals surface area contributed by atoms with Gasteiger partial charge < -0.3 is 14.4 Å². The van der Waals surface area contributed by atoms with Crippen molar-refractivity contribution in [2.75, 3.05) is 26.3 Å². The van der Waals surface area contributed by atoms with Crippen LogP contribution in [0.2, 0.25) is 5.02 Å². The molecule has 1 fully saturated rings. The minimum atomic E-state index is -3.70. The van der Waals surface area contributed by atoms with E-state index < -0.39 is 15.1 Å². The van der Waals surface area contributed by atoms with Gasteiger partial charge in [0.15, 0.2) is 21.3 Å². The SMILES string of the molecule is C[C@@H]1C[C@H](C)CN(C(=O)[C@@H](C)S(=O)(=O)Cc2cc(Cl)c3c(c2)OCCCO3)C1. The normalized spacial score (nSPS) is 23.8. The Morgan fingerprint density at radius 3 is 2.54 bits per heavy atom. The molecule has 0 spiro atoms. The average molecular weight is 430 g/mol. The Bertz CT molecular complexity index is 831. The zero-order valence-electron chi connectivity index (χ0n) is 16.6. The van der Waals surface area contributed by atoms with Crippen molar-refractivity contribution in [2.45, 2.75) is 44.6 Å². The highest BCUT2D eigenvalue weighted by atomic mass is 35.5. The molecule has 0 N–H and O–H groups in total. The smallest absolute Gasteiger partial charge is 0.240 e. The number of carbonyl (C=O) groups excluding carboxylic acids is 1. The predicted octanol–water partition coefficient (Wildman–Crippen LogP) is 3.31. The van der Waals surface area contributed by atoms with E-state index >= 15 is 0 Å². The van der Waals surface area contributed by atoms with Gasteiger partial charge in [0.05, 0.1) is 24.0 Å². The van der Waals surface area contributed by atoms with Gasteiger partial charge in [0, 0.05) is 19.5 Å². The number of piperidine rings is 1. The Morgan fingerprint density at radius 1 is 1.21 bits per heavy atom. The zero-order valence-corrected chi connectivity index (χ0v) is 18.2. The van der Waals surface area contributed by atoms with Crippen LogP contribution in [0.3, 0.4) is 0 Å². The number of hydrogen-bond acceptors (Lipinski definition) is 5. The van der Waals surface area contributed by atoms with E-state index in [9.17, 15) is 13.2 Å². The van der Waals surface area contributed by atoms with E-state index in [-0.39, 0.29) is 11.7 Å². The van der Waals surface area contributed by atoms with Crippen molar-refractivity contribution >= 4 is 27.3 Å². The molecule has 0 bridgehead atoms. The van der Waals surface area contributed by atoms with E-state index in [4.69, 9.17) is 21.1 Å². The standard InChI is InChI=1S/C20H28ClNO5S/c1-13-7-14(2)11-22(10-13)20(23)15(3)28(24,25)12-16-8-17(21)19-18(9-16)26-5-4-6-27-19/h8-9,13-15H,4-7,10-12H2,1-3H3/t13-,14+,15-/m1/s1. The lowest BCUT2D eigenvalue weighted by Crippen LogP contribution is -2.48. The summed E-state index contributed by atoms with van der Waals surface area (Å²) in [5.74, 6) is 1.06. The average Bonchev–Trinajstić information content (AvgIpc) is 2.85. The number of likely N-dealkylation sites (tertiary alicyclic amines) is 1. The van der Waals surface area contributed by atoms with Gasteiger partial charge in [-0.05, 0) is 42.9 Å². The molecule has 28 heavy (non-hydrogen) atoms. The summed E-state index contributed by atoms with van der Waals surface area (Å²) in [6.45, 7) is 7.87. The second-order valence-corrected chi connectivity index (χ2v) is 10.8. The van der Waals surface area contributed by atoms with Crippen molar-refractivity contribution in [3.8, 4) is 11.5 Å². The molecule has 0 unspecified atom stereocenters. The maximum atomic E-state index is 12.9. The lowest BCUT2D eigenvalue weighted by Gasteiger charge is -2.36. The third-order valence-electron chi connectivity index (χ3n) is 5.30. The molecule has 1 aromatic carbocycles. The first kappa shape index (κ1) is 21.2. The Labute approximate surface area is 172 Å². The molecule has 2 heterocycles. The molecular formula is C20H28ClNO5S. The van der Waals surface area contributed by atoms with Crippen molar-refractivity contribution in [1.82, 2.24) is 4.90 Å². The summed E-state index contributed by atoms with van der Waals surface area (Å²) in [7, 11) is -3.70. The number of nitrogens with zero attached hydrogens (tertiary/aromatic N) is 1. The number of halogens is 1. The van der Waals surface area contributed by atoms with Crippen molar-refractivity contribution in [3.05, 3.63) is 22.7 Å². The lowest BCUT2D eigenvalue weighted by molar-refractivity contribution is -0.133. The molecule has 3 rings (SSSR count). The first-order chi connectivity index (χ1) is 13.2. The molecular weight excluding hydrogens is 402 g/mol. The van der Waals surface area contributed by atoms with Crippen LogP contribution in [0.15, 0.2) is 12.1 Å². The predicted molar refractivity (Wildman–Crippen MR) is 109 cm³/mol. The Morgan fingerprint density at radius 2 is 1.86 bits per heavy atom. The molecule has 0 aliphatic carbocycles. The second-order valence-electron chi connectivity index (χ2n) is 8.09. The quantitative estimate of drug-likeness (QED) is 0.734. The van der Waals surface area contributed by atoms with Crippen molar-refractivity contribution < 1.29 is 22.7 Å². The van der Waals surface area contributed by atoms with Crippen molar-refractivity contribution in [3.63, 3.8) is 0 Å². The molecule has 0 saturated carbocycles. The third-order valence-corrected chi connectivity index (χ3v) is 7.59. The molecule has 1 saturated heterocycles. The number of ether oxygens (including phenoxy) is 2. The molecule has 6 nitrogen and oxygen atoms in total. The van der Waals surface area contributed by atoms with Crippen molar-refractivity contribution in [2.24, 2.45) is 11.8 Å². The molecule has 1 amide bonds. The molecule has 2 aliphatic rings. The van der Waals surface area contributed by atoms with Crippen LogP contribution in [-0.2, 0) is 20.4 Å². The third kappa shape index (κ3) is 4.74. The number of carbonyl (C=O) groups is 1. The Hall–Kier alpha value is -1.47. The van der Waals surface area contributed by atoms with Gasteiger partial charge in [0.25, 0.3) is 0 Å². The van der Waals surface area contributed by atoms with E-state index in [0.29, 0.717) is 60.2 Å². The maximum Gasteiger partial charge on any atom is 0.240 e. The maximum absolute atomic E-state index is 12.9. The summed E-state index contributed by atoms with van der Waals surface area (Å²) < 4.78 is 37.1. The number of amides is 1. The monoisotopic (exact) mass is 429 g/mol. The van der Waals surface area contributed by atoms with Crippen LogP contribution in [0.25, 0.3) is 0 Å². The van der Waals surface area contributed by atoms with E-state index in [1.54, 1.807) is 17.0 Å². The molecule has 1 aromatic rings. The molecule has 8 heteroatoms. The lowest BCUT2D eigenvalue weighted by atomic mass is 9.92. The Kier molecular flexibility index (Phi) is 6.44. The fraction of sp³-hybridized carbons (Fsp3) is 0.650. The number of sulfone groups is 1. The number of rotatable bonds is 4. The molecule has 156 valence electrons. The summed E-state index contributed by atoms with van der Waals surface area (Å²) in [6, 6.07) is 3.22. The topological polar surface area (TPSA) is 72.9 Å². The van der Waals surface area contributed by atoms with Crippen LogP contribution in [0.5, 0.6) is 11.5 Å². The van der Waals surface area contributed by atoms with Gasteiger partial charge in [0.1, 0.15) is 5.25 Å². The highest BCUT2D eigenvalue weighted by Gasteiger charge is 2.35. The van der Waals surface area contributed by atoms with Gasteiger partial charge in [-0.3, -0.25) is 4.79 Å². The van der Waals surface area contributed by atoms with Crippen LogP contribution in [0.1, 0.15) is 39.2 Å². The molecule has 3 atom stereocenters. The van der Waals surface area contributed by atoms with Gasteiger partial charge in [-0.25, -0.2) is 8.42 Å². The first-order valence-electron chi connectivity index (χ1n) is 9.75. The van der Waals surface area contributed by atoms with Gasteiger partial charge in [-0.1, -0.05) is 25.4 Å². The summed E-state index contributed by atoms with van der Waals surface area (Å²) in [4.78, 5) is 14.5. The van der Waals surface area contributed by atoms with Gasteiger partial charge in [-0.15, -0.1) is 0 Å². The fourth-order valence-electron chi connectivity index (χ4n) is 3.98. The number of fused-ring (bicyclic) bond motifs is 1. The largest absolute Gasteiger partial charge is 0.489 e.